The molecular weight excluding hydrogens is 222 g/mol. The van der Waals surface area contributed by atoms with Crippen LogP contribution >= 0.6 is 0 Å². The van der Waals surface area contributed by atoms with Crippen LogP contribution in [0.25, 0.3) is 0 Å². The molecule has 0 amide bonds. The molecule has 0 fully saturated rings. The average Bonchev–Trinajstić information content (AvgIpc) is 2.64. The standard InChI is InChI=1S/C15H25N3/c1-4-7-8-9-11-13-15(16)18(12-6-3)14(17-13)10-5-2/h3H,4-5,7-12,16H2,1-2H3. The molecule has 0 bridgehead atoms. The summed E-state index contributed by atoms with van der Waals surface area (Å²) in [6, 6.07) is 0. The number of nitrogens with two attached hydrogens (primary N) is 1. The molecule has 100 valence electrons. The Bertz CT molecular complexity index is 399. The van der Waals surface area contributed by atoms with Gasteiger partial charge in [0.1, 0.15) is 11.6 Å². The minimum absolute atomic E-state index is 0.531. The van der Waals surface area contributed by atoms with E-state index in [1.165, 1.54) is 19.3 Å². The largest absolute Gasteiger partial charge is 0.384 e. The van der Waals surface area contributed by atoms with Gasteiger partial charge in [-0.25, -0.2) is 4.98 Å². The van der Waals surface area contributed by atoms with Crippen LogP contribution in [-0.2, 0) is 19.4 Å². The summed E-state index contributed by atoms with van der Waals surface area (Å²) in [7, 11) is 0. The molecule has 1 rings (SSSR count). The molecule has 0 atom stereocenters. The second-order valence-corrected chi connectivity index (χ2v) is 4.71. The van der Waals surface area contributed by atoms with Crippen LogP contribution < -0.4 is 5.73 Å². The lowest BCUT2D eigenvalue weighted by Crippen LogP contribution is -2.06. The number of terminal acetylenes is 1. The van der Waals surface area contributed by atoms with E-state index in [2.05, 4.69) is 24.8 Å². The number of hydrogen-bond donors (Lipinski definition) is 1. The van der Waals surface area contributed by atoms with Gasteiger partial charge in [-0.05, 0) is 19.3 Å². The van der Waals surface area contributed by atoms with Crippen LogP contribution in [0.5, 0.6) is 0 Å². The van der Waals surface area contributed by atoms with E-state index in [1.807, 2.05) is 4.57 Å². The first kappa shape index (κ1) is 14.6. The van der Waals surface area contributed by atoms with Gasteiger partial charge in [0.05, 0.1) is 12.2 Å². The van der Waals surface area contributed by atoms with Crippen LogP contribution in [0.4, 0.5) is 5.82 Å². The summed E-state index contributed by atoms with van der Waals surface area (Å²) in [5.41, 5.74) is 7.17. The fourth-order valence-corrected chi connectivity index (χ4v) is 2.15. The van der Waals surface area contributed by atoms with Crippen molar-refractivity contribution in [2.45, 2.75) is 65.3 Å². The minimum Gasteiger partial charge on any atom is -0.384 e. The average molecular weight is 247 g/mol. The van der Waals surface area contributed by atoms with Crippen LogP contribution in [0, 0.1) is 12.3 Å². The van der Waals surface area contributed by atoms with Gasteiger partial charge < -0.3 is 10.3 Å². The Balaban J connectivity index is 2.73. The van der Waals surface area contributed by atoms with Crippen molar-refractivity contribution in [2.24, 2.45) is 0 Å². The van der Waals surface area contributed by atoms with Crippen LogP contribution in [-0.4, -0.2) is 9.55 Å². The van der Waals surface area contributed by atoms with Crippen LogP contribution in [0.3, 0.4) is 0 Å². The van der Waals surface area contributed by atoms with Crippen LogP contribution in [0.1, 0.15) is 57.5 Å². The molecule has 2 N–H and O–H groups in total. The zero-order valence-corrected chi connectivity index (χ0v) is 11.7. The summed E-state index contributed by atoms with van der Waals surface area (Å²) in [5.74, 6) is 4.47. The van der Waals surface area contributed by atoms with E-state index in [0.29, 0.717) is 6.54 Å². The number of aromatic nitrogens is 2. The maximum absolute atomic E-state index is 6.14. The number of nitrogen functional groups attached to an aromatic ring is 1. The molecule has 0 aliphatic heterocycles. The van der Waals surface area contributed by atoms with E-state index in [0.717, 1.165) is 43.0 Å². The minimum atomic E-state index is 0.531. The van der Waals surface area contributed by atoms with Crippen molar-refractivity contribution in [1.82, 2.24) is 9.55 Å². The van der Waals surface area contributed by atoms with Crippen molar-refractivity contribution in [1.29, 1.82) is 0 Å². The predicted octanol–water partition coefficient (Wildman–Crippen LogP) is 3.17. The van der Waals surface area contributed by atoms with Gasteiger partial charge in [-0.15, -0.1) is 6.42 Å². The van der Waals surface area contributed by atoms with Gasteiger partial charge >= 0.3 is 0 Å². The smallest absolute Gasteiger partial charge is 0.127 e. The highest BCUT2D eigenvalue weighted by molar-refractivity contribution is 5.39. The van der Waals surface area contributed by atoms with Crippen molar-refractivity contribution in [2.75, 3.05) is 5.73 Å². The molecular formula is C15H25N3. The van der Waals surface area contributed by atoms with Crippen molar-refractivity contribution in [3.8, 4) is 12.3 Å². The number of imidazole rings is 1. The first-order chi connectivity index (χ1) is 8.74. The fourth-order valence-electron chi connectivity index (χ4n) is 2.15. The van der Waals surface area contributed by atoms with Gasteiger partial charge in [0.2, 0.25) is 0 Å². The van der Waals surface area contributed by atoms with E-state index in [1.54, 1.807) is 0 Å². The SMILES string of the molecule is C#CCn1c(CCC)nc(CCCCCC)c1N. The van der Waals surface area contributed by atoms with E-state index >= 15 is 0 Å². The number of unbranched alkanes of at least 4 members (excludes halogenated alkanes) is 3. The summed E-state index contributed by atoms with van der Waals surface area (Å²) in [6.07, 6.45) is 13.3. The molecule has 3 heteroatoms. The molecule has 0 saturated heterocycles. The van der Waals surface area contributed by atoms with E-state index in [4.69, 9.17) is 12.2 Å². The second-order valence-electron chi connectivity index (χ2n) is 4.71. The monoisotopic (exact) mass is 247 g/mol. The highest BCUT2D eigenvalue weighted by atomic mass is 15.1. The Morgan fingerprint density at radius 3 is 2.56 bits per heavy atom. The Morgan fingerprint density at radius 2 is 1.94 bits per heavy atom. The molecule has 1 aromatic rings. The summed E-state index contributed by atoms with van der Waals surface area (Å²) in [5, 5.41) is 0. The fraction of sp³-hybridized carbons (Fsp3) is 0.667. The molecule has 0 unspecified atom stereocenters. The Kier molecular flexibility index (Phi) is 6.35. The lowest BCUT2D eigenvalue weighted by Gasteiger charge is -2.04. The zero-order valence-electron chi connectivity index (χ0n) is 11.7. The first-order valence-corrected chi connectivity index (χ1v) is 7.01. The molecule has 0 spiro atoms. The van der Waals surface area contributed by atoms with Gasteiger partial charge in [0.25, 0.3) is 0 Å². The first-order valence-electron chi connectivity index (χ1n) is 7.01. The van der Waals surface area contributed by atoms with Crippen molar-refractivity contribution >= 4 is 5.82 Å². The topological polar surface area (TPSA) is 43.8 Å². The molecule has 1 heterocycles. The molecule has 3 nitrogen and oxygen atoms in total. The van der Waals surface area contributed by atoms with E-state index in [-0.39, 0.29) is 0 Å². The maximum atomic E-state index is 6.14. The van der Waals surface area contributed by atoms with Crippen molar-refractivity contribution < 1.29 is 0 Å². The molecule has 0 aromatic carbocycles. The lowest BCUT2D eigenvalue weighted by atomic mass is 10.1. The van der Waals surface area contributed by atoms with Crippen molar-refractivity contribution in [3.63, 3.8) is 0 Å². The van der Waals surface area contributed by atoms with Crippen molar-refractivity contribution in [3.05, 3.63) is 11.5 Å². The van der Waals surface area contributed by atoms with Gasteiger partial charge in [0.15, 0.2) is 0 Å². The van der Waals surface area contributed by atoms with Gasteiger partial charge in [-0.3, -0.25) is 0 Å². The molecule has 18 heavy (non-hydrogen) atoms. The van der Waals surface area contributed by atoms with E-state index in [9.17, 15) is 0 Å². The third-order valence-electron chi connectivity index (χ3n) is 3.15. The summed E-state index contributed by atoms with van der Waals surface area (Å²) in [4.78, 5) is 4.66. The molecule has 1 aromatic heterocycles. The quantitative estimate of drug-likeness (QED) is 0.566. The highest BCUT2D eigenvalue weighted by Crippen LogP contribution is 2.18. The summed E-state index contributed by atoms with van der Waals surface area (Å²) >= 11 is 0. The normalized spacial score (nSPS) is 10.5. The third-order valence-corrected chi connectivity index (χ3v) is 3.15. The van der Waals surface area contributed by atoms with Crippen LogP contribution in [0.15, 0.2) is 0 Å². The van der Waals surface area contributed by atoms with Gasteiger partial charge in [-0.2, -0.15) is 0 Å². The second kappa shape index (κ2) is 7.81. The summed E-state index contributed by atoms with van der Waals surface area (Å²) in [6.45, 7) is 4.89. The van der Waals surface area contributed by atoms with E-state index < -0.39 is 0 Å². The number of nitrogens with zero attached hydrogens (tertiary/aromatic N) is 2. The maximum Gasteiger partial charge on any atom is 0.127 e. The Labute approximate surface area is 111 Å². The molecule has 0 radical (unpaired) electrons. The van der Waals surface area contributed by atoms with Gasteiger partial charge in [0, 0.05) is 6.42 Å². The lowest BCUT2D eigenvalue weighted by molar-refractivity contribution is 0.661. The van der Waals surface area contributed by atoms with Crippen LogP contribution in [0.2, 0.25) is 0 Å². The molecule has 0 aliphatic carbocycles. The number of rotatable bonds is 8. The molecule has 0 saturated carbocycles. The van der Waals surface area contributed by atoms with Gasteiger partial charge in [-0.1, -0.05) is 39.0 Å². The molecule has 0 aliphatic rings. The zero-order chi connectivity index (χ0) is 13.4. The Hall–Kier alpha value is -1.43. The number of anilines is 1. The third kappa shape index (κ3) is 3.80. The predicted molar refractivity (Wildman–Crippen MR) is 77.3 cm³/mol. The summed E-state index contributed by atoms with van der Waals surface area (Å²) < 4.78 is 1.98. The number of aryl methyl sites for hydroxylation is 2. The number of hydrogen-bond acceptors (Lipinski definition) is 2. The Morgan fingerprint density at radius 1 is 1.17 bits per heavy atom. The highest BCUT2D eigenvalue weighted by Gasteiger charge is 2.12.